The van der Waals surface area contributed by atoms with E-state index in [0.717, 1.165) is 0 Å². The maximum absolute atomic E-state index is 11.3. The SMILES string of the molecule is CC(=O)c1cccc(OCC(=O)NCCC#N)c1. The Kier molecular flexibility index (Phi) is 5.39. The van der Waals surface area contributed by atoms with Gasteiger partial charge >= 0.3 is 0 Å². The predicted molar refractivity (Wildman–Crippen MR) is 65.2 cm³/mol. The number of ether oxygens (including phenoxy) is 1. The molecule has 18 heavy (non-hydrogen) atoms. The Balaban J connectivity index is 2.44. The van der Waals surface area contributed by atoms with Crippen molar-refractivity contribution < 1.29 is 14.3 Å². The zero-order chi connectivity index (χ0) is 13.4. The summed E-state index contributed by atoms with van der Waals surface area (Å²) in [5.41, 5.74) is 0.539. The summed E-state index contributed by atoms with van der Waals surface area (Å²) in [6, 6.07) is 8.56. The molecular weight excluding hydrogens is 232 g/mol. The number of ketones is 1. The minimum Gasteiger partial charge on any atom is -0.484 e. The number of hydrogen-bond acceptors (Lipinski definition) is 4. The van der Waals surface area contributed by atoms with Crippen molar-refractivity contribution in [3.63, 3.8) is 0 Å². The largest absolute Gasteiger partial charge is 0.484 e. The van der Waals surface area contributed by atoms with Gasteiger partial charge in [-0.2, -0.15) is 5.26 Å². The highest BCUT2D eigenvalue weighted by molar-refractivity contribution is 5.94. The number of benzene rings is 1. The second-order valence-corrected chi connectivity index (χ2v) is 3.63. The minimum atomic E-state index is -0.293. The first-order valence-electron chi connectivity index (χ1n) is 5.51. The van der Waals surface area contributed by atoms with Gasteiger partial charge in [0.05, 0.1) is 12.5 Å². The monoisotopic (exact) mass is 246 g/mol. The van der Waals surface area contributed by atoms with Crippen molar-refractivity contribution in [2.45, 2.75) is 13.3 Å². The molecule has 0 aromatic heterocycles. The van der Waals surface area contributed by atoms with E-state index in [4.69, 9.17) is 10.00 Å². The molecule has 1 aromatic rings. The first kappa shape index (κ1) is 13.7. The topological polar surface area (TPSA) is 79.2 Å². The molecule has 1 N–H and O–H groups in total. The van der Waals surface area contributed by atoms with Crippen LogP contribution in [0.4, 0.5) is 0 Å². The van der Waals surface area contributed by atoms with Crippen LogP contribution in [0, 0.1) is 11.3 Å². The number of carbonyl (C=O) groups excluding carboxylic acids is 2. The molecule has 0 saturated carbocycles. The summed E-state index contributed by atoms with van der Waals surface area (Å²) in [6.45, 7) is 1.65. The van der Waals surface area contributed by atoms with Crippen LogP contribution < -0.4 is 10.1 Å². The van der Waals surface area contributed by atoms with E-state index in [9.17, 15) is 9.59 Å². The third-order valence-electron chi connectivity index (χ3n) is 2.17. The van der Waals surface area contributed by atoms with Crippen LogP contribution in [-0.4, -0.2) is 24.8 Å². The third-order valence-corrected chi connectivity index (χ3v) is 2.17. The average molecular weight is 246 g/mol. The molecule has 0 aliphatic carbocycles. The molecule has 0 atom stereocenters. The van der Waals surface area contributed by atoms with Gasteiger partial charge in [-0.1, -0.05) is 12.1 Å². The number of nitriles is 1. The average Bonchev–Trinajstić information content (AvgIpc) is 2.37. The molecule has 0 saturated heterocycles. The number of nitrogens with zero attached hydrogens (tertiary/aromatic N) is 1. The quantitative estimate of drug-likeness (QED) is 0.606. The van der Waals surface area contributed by atoms with Gasteiger partial charge in [0.15, 0.2) is 12.4 Å². The molecule has 94 valence electrons. The van der Waals surface area contributed by atoms with E-state index in [1.54, 1.807) is 24.3 Å². The molecule has 0 radical (unpaired) electrons. The number of rotatable bonds is 6. The van der Waals surface area contributed by atoms with Gasteiger partial charge in [0.1, 0.15) is 5.75 Å². The fourth-order valence-corrected chi connectivity index (χ4v) is 1.26. The molecule has 0 spiro atoms. The number of amides is 1. The Labute approximate surface area is 105 Å². The van der Waals surface area contributed by atoms with Gasteiger partial charge in [-0.3, -0.25) is 9.59 Å². The highest BCUT2D eigenvalue weighted by atomic mass is 16.5. The van der Waals surface area contributed by atoms with E-state index < -0.39 is 0 Å². The molecule has 0 fully saturated rings. The Morgan fingerprint density at radius 1 is 1.44 bits per heavy atom. The van der Waals surface area contributed by atoms with Crippen LogP contribution in [0.2, 0.25) is 0 Å². The van der Waals surface area contributed by atoms with Crippen LogP contribution in [0.15, 0.2) is 24.3 Å². The Bertz CT molecular complexity index is 477. The lowest BCUT2D eigenvalue weighted by atomic mass is 10.1. The predicted octanol–water partition coefficient (Wildman–Crippen LogP) is 1.30. The summed E-state index contributed by atoms with van der Waals surface area (Å²) >= 11 is 0. The number of nitrogens with one attached hydrogen (secondary N) is 1. The molecule has 0 aliphatic rings. The Hall–Kier alpha value is -2.35. The van der Waals surface area contributed by atoms with Crippen molar-refractivity contribution in [2.75, 3.05) is 13.2 Å². The number of carbonyl (C=O) groups is 2. The van der Waals surface area contributed by atoms with Crippen LogP contribution in [0.5, 0.6) is 5.75 Å². The lowest BCUT2D eigenvalue weighted by molar-refractivity contribution is -0.123. The minimum absolute atomic E-state index is 0.0566. The van der Waals surface area contributed by atoms with Crippen molar-refractivity contribution in [1.29, 1.82) is 5.26 Å². The lowest BCUT2D eigenvalue weighted by Crippen LogP contribution is -2.29. The van der Waals surface area contributed by atoms with E-state index >= 15 is 0 Å². The molecule has 1 amide bonds. The fourth-order valence-electron chi connectivity index (χ4n) is 1.26. The molecule has 0 bridgehead atoms. The van der Waals surface area contributed by atoms with Crippen molar-refractivity contribution >= 4 is 11.7 Å². The zero-order valence-corrected chi connectivity index (χ0v) is 10.1. The van der Waals surface area contributed by atoms with E-state index in [-0.39, 0.29) is 24.7 Å². The Morgan fingerprint density at radius 3 is 2.89 bits per heavy atom. The lowest BCUT2D eigenvalue weighted by Gasteiger charge is -2.07. The van der Waals surface area contributed by atoms with Gasteiger partial charge < -0.3 is 10.1 Å². The molecule has 1 rings (SSSR count). The summed E-state index contributed by atoms with van der Waals surface area (Å²) < 4.78 is 5.24. The highest BCUT2D eigenvalue weighted by Gasteiger charge is 2.04. The van der Waals surface area contributed by atoms with Crippen LogP contribution in [0.25, 0.3) is 0 Å². The van der Waals surface area contributed by atoms with Crippen LogP contribution in [0.3, 0.4) is 0 Å². The van der Waals surface area contributed by atoms with E-state index in [1.165, 1.54) is 6.92 Å². The van der Waals surface area contributed by atoms with E-state index in [0.29, 0.717) is 17.9 Å². The molecule has 5 heteroatoms. The molecule has 1 aromatic carbocycles. The summed E-state index contributed by atoms with van der Waals surface area (Å²) in [4.78, 5) is 22.4. The fraction of sp³-hybridized carbons (Fsp3) is 0.308. The van der Waals surface area contributed by atoms with E-state index in [1.807, 2.05) is 6.07 Å². The van der Waals surface area contributed by atoms with Gasteiger partial charge in [-0.25, -0.2) is 0 Å². The van der Waals surface area contributed by atoms with Gasteiger partial charge in [-0.05, 0) is 19.1 Å². The maximum atomic E-state index is 11.3. The first-order valence-corrected chi connectivity index (χ1v) is 5.51. The van der Waals surface area contributed by atoms with E-state index in [2.05, 4.69) is 5.32 Å². The zero-order valence-electron chi connectivity index (χ0n) is 10.1. The summed E-state index contributed by atoms with van der Waals surface area (Å²) in [5, 5.41) is 10.8. The third kappa shape index (κ3) is 4.66. The van der Waals surface area contributed by atoms with Crippen molar-refractivity contribution in [2.24, 2.45) is 0 Å². The molecule has 0 heterocycles. The molecule has 5 nitrogen and oxygen atoms in total. The first-order chi connectivity index (χ1) is 8.63. The summed E-state index contributed by atoms with van der Waals surface area (Å²) in [6.07, 6.45) is 0.269. The highest BCUT2D eigenvalue weighted by Crippen LogP contribution is 2.13. The van der Waals surface area contributed by atoms with Crippen molar-refractivity contribution in [1.82, 2.24) is 5.32 Å². The van der Waals surface area contributed by atoms with Gasteiger partial charge in [0.2, 0.25) is 0 Å². The van der Waals surface area contributed by atoms with Crippen LogP contribution >= 0.6 is 0 Å². The van der Waals surface area contributed by atoms with Gasteiger partial charge in [0.25, 0.3) is 5.91 Å². The van der Waals surface area contributed by atoms with Crippen molar-refractivity contribution in [3.8, 4) is 11.8 Å². The summed E-state index contributed by atoms with van der Waals surface area (Å²) in [7, 11) is 0. The molecular formula is C13H14N2O3. The maximum Gasteiger partial charge on any atom is 0.257 e. The standard InChI is InChI=1S/C13H14N2O3/c1-10(16)11-4-2-5-12(8-11)18-9-13(17)15-7-3-6-14/h2,4-5,8H,3,7,9H2,1H3,(H,15,17). The van der Waals surface area contributed by atoms with Crippen molar-refractivity contribution in [3.05, 3.63) is 29.8 Å². The molecule has 0 unspecified atom stereocenters. The van der Waals surface area contributed by atoms with Gasteiger partial charge in [0, 0.05) is 12.1 Å². The van der Waals surface area contributed by atoms with Crippen LogP contribution in [-0.2, 0) is 4.79 Å². The Morgan fingerprint density at radius 2 is 2.22 bits per heavy atom. The smallest absolute Gasteiger partial charge is 0.257 e. The second kappa shape index (κ2) is 7.07. The normalized spacial score (nSPS) is 9.33. The number of Topliss-reactive ketones (excluding diaryl/α,β-unsaturated/α-hetero) is 1. The van der Waals surface area contributed by atoms with Gasteiger partial charge in [-0.15, -0.1) is 0 Å². The second-order valence-electron chi connectivity index (χ2n) is 3.63. The number of hydrogen-bond donors (Lipinski definition) is 1. The summed E-state index contributed by atoms with van der Waals surface area (Å²) in [5.74, 6) is 0.121. The molecule has 0 aliphatic heterocycles. The van der Waals surface area contributed by atoms with Crippen LogP contribution in [0.1, 0.15) is 23.7 Å².